The number of aliphatic hydroxyl groups is 3. The lowest BCUT2D eigenvalue weighted by molar-refractivity contribution is -0.144. The van der Waals surface area contributed by atoms with E-state index in [0.717, 1.165) is 0 Å². The van der Waals surface area contributed by atoms with Gasteiger partial charge in [0.25, 0.3) is 0 Å². The predicted molar refractivity (Wildman–Crippen MR) is 194 cm³/mol. The van der Waals surface area contributed by atoms with Gasteiger partial charge < -0.3 is 74.4 Å². The van der Waals surface area contributed by atoms with Crippen LogP contribution >= 0.6 is 0 Å². The molecule has 1 aliphatic rings. The molecule has 55 heavy (non-hydrogen) atoms. The Morgan fingerprint density at radius 1 is 0.745 bits per heavy atom. The topological polar surface area (TPSA) is 383 Å². The summed E-state index contributed by atoms with van der Waals surface area (Å²) >= 11 is 0. The fourth-order valence-electron chi connectivity index (χ4n) is 5.26. The van der Waals surface area contributed by atoms with Crippen molar-refractivity contribution in [2.24, 2.45) is 28.1 Å². The Bertz CT molecular complexity index is 1400. The van der Waals surface area contributed by atoms with Gasteiger partial charge in [-0.15, -0.1) is 0 Å². The molecule has 0 unspecified atom stereocenters. The summed E-state index contributed by atoms with van der Waals surface area (Å²) in [5.74, 6) is -7.98. The number of carboxylic acids is 1. The van der Waals surface area contributed by atoms with Crippen molar-refractivity contribution in [2.75, 3.05) is 32.9 Å². The van der Waals surface area contributed by atoms with Crippen molar-refractivity contribution in [1.29, 1.82) is 0 Å². The Morgan fingerprint density at radius 3 is 1.84 bits per heavy atom. The molecule has 0 aromatic heterocycles. The quantitative estimate of drug-likeness (QED) is 0.0260. The SMILES string of the molecule is CC[C@H](C)[C@H](NC(=O)[C@H](CO)NC(=O)[C@@H](N)CO)C(=O)N1CCC[C@H]1C(=O)N[C@@H](CO)C(=O)N[C@@H](CCCN=C(N)N)C(=O)N[C@@H](C)C(=O)N[C@@H](C)C(=O)O. The number of hydrogen-bond donors (Lipinski definition) is 13. The molecule has 16 N–H and O–H groups in total. The summed E-state index contributed by atoms with van der Waals surface area (Å²) in [7, 11) is 0. The zero-order chi connectivity index (χ0) is 42.0. The molecule has 9 atom stereocenters. The van der Waals surface area contributed by atoms with Crippen LogP contribution in [0.4, 0.5) is 0 Å². The summed E-state index contributed by atoms with van der Waals surface area (Å²) in [6, 6.07) is -10.7. The first-order valence-electron chi connectivity index (χ1n) is 17.8. The fraction of sp³-hybridized carbons (Fsp3) is 0.719. The molecule has 312 valence electrons. The molecule has 0 spiro atoms. The molecule has 0 aliphatic carbocycles. The van der Waals surface area contributed by atoms with Crippen LogP contribution in [0.3, 0.4) is 0 Å². The van der Waals surface area contributed by atoms with Crippen LogP contribution in [0.2, 0.25) is 0 Å². The highest BCUT2D eigenvalue weighted by molar-refractivity contribution is 5.97. The smallest absolute Gasteiger partial charge is 0.325 e. The highest BCUT2D eigenvalue weighted by Gasteiger charge is 2.41. The second kappa shape index (κ2) is 23.6. The van der Waals surface area contributed by atoms with Gasteiger partial charge in [0.1, 0.15) is 48.3 Å². The van der Waals surface area contributed by atoms with Crippen LogP contribution in [0.5, 0.6) is 0 Å². The van der Waals surface area contributed by atoms with E-state index in [1.807, 2.05) is 0 Å². The van der Waals surface area contributed by atoms with Crippen LogP contribution in [-0.2, 0) is 38.4 Å². The van der Waals surface area contributed by atoms with Crippen molar-refractivity contribution in [3.63, 3.8) is 0 Å². The van der Waals surface area contributed by atoms with Crippen molar-refractivity contribution in [2.45, 2.75) is 108 Å². The minimum atomic E-state index is -1.61. The number of nitrogens with zero attached hydrogens (tertiary/aromatic N) is 2. The van der Waals surface area contributed by atoms with Crippen molar-refractivity contribution in [3.8, 4) is 0 Å². The molecule has 23 heteroatoms. The number of guanidine groups is 1. The third kappa shape index (κ3) is 15.3. The van der Waals surface area contributed by atoms with Gasteiger partial charge in [-0.05, 0) is 45.4 Å². The maximum atomic E-state index is 13.9. The van der Waals surface area contributed by atoms with Gasteiger partial charge in [-0.2, -0.15) is 0 Å². The average Bonchev–Trinajstić information content (AvgIpc) is 3.64. The number of aliphatic imine (C=N–C) groups is 1. The van der Waals surface area contributed by atoms with E-state index in [4.69, 9.17) is 27.4 Å². The summed E-state index contributed by atoms with van der Waals surface area (Å²) < 4.78 is 0. The van der Waals surface area contributed by atoms with E-state index in [2.05, 4.69) is 36.9 Å². The molecular weight excluding hydrogens is 730 g/mol. The number of carboxylic acid groups (broad SMARTS) is 1. The van der Waals surface area contributed by atoms with Gasteiger partial charge in [-0.3, -0.25) is 43.3 Å². The van der Waals surface area contributed by atoms with Crippen LogP contribution in [0, 0.1) is 5.92 Å². The maximum absolute atomic E-state index is 13.9. The van der Waals surface area contributed by atoms with E-state index in [-0.39, 0.29) is 38.3 Å². The average molecular weight is 788 g/mol. The molecule has 1 rings (SSSR count). The lowest BCUT2D eigenvalue weighted by Gasteiger charge is -2.32. The van der Waals surface area contributed by atoms with E-state index >= 15 is 0 Å². The summed E-state index contributed by atoms with van der Waals surface area (Å²) in [6.45, 7) is 3.60. The highest BCUT2D eigenvalue weighted by atomic mass is 16.4. The first-order chi connectivity index (χ1) is 25.8. The minimum absolute atomic E-state index is 0.0606. The minimum Gasteiger partial charge on any atom is -0.480 e. The van der Waals surface area contributed by atoms with Crippen LogP contribution in [-0.4, -0.2) is 160 Å². The van der Waals surface area contributed by atoms with Crippen molar-refractivity contribution < 1.29 is 58.8 Å². The van der Waals surface area contributed by atoms with E-state index in [0.29, 0.717) is 12.8 Å². The van der Waals surface area contributed by atoms with Gasteiger partial charge in [0.15, 0.2) is 5.96 Å². The molecule has 0 bridgehead atoms. The van der Waals surface area contributed by atoms with Gasteiger partial charge in [-0.1, -0.05) is 20.3 Å². The van der Waals surface area contributed by atoms with E-state index in [1.54, 1.807) is 13.8 Å². The maximum Gasteiger partial charge on any atom is 0.325 e. The normalized spacial score (nSPS) is 18.1. The van der Waals surface area contributed by atoms with Gasteiger partial charge in [0.2, 0.25) is 41.4 Å². The van der Waals surface area contributed by atoms with Crippen LogP contribution in [0.25, 0.3) is 0 Å². The molecular formula is C32H57N11O12. The second-order valence-electron chi connectivity index (χ2n) is 13.1. The van der Waals surface area contributed by atoms with Crippen LogP contribution in [0.15, 0.2) is 4.99 Å². The van der Waals surface area contributed by atoms with E-state index in [9.17, 15) is 48.6 Å². The monoisotopic (exact) mass is 787 g/mol. The second-order valence-corrected chi connectivity index (χ2v) is 13.1. The molecule has 1 aliphatic heterocycles. The standard InChI is InChI=1S/C32H57N11O12/c1-5-15(2)23(42-28(51)21(14-46)40-25(48)18(33)12-44)30(53)43-11-7-9-22(43)29(52)41-20(13-45)27(50)39-19(8-6-10-36-32(34)35)26(49)37-16(3)24(47)38-17(4)31(54)55/h15-23,44-46H,5-14,33H2,1-4H3,(H,37,49)(H,38,47)(H,39,50)(H,40,48)(H,41,52)(H,42,51)(H,54,55)(H4,34,35,36)/t15-,16-,17-,18-,19-,20-,21-,22-,23-/m0/s1. The molecule has 0 aromatic carbocycles. The van der Waals surface area contributed by atoms with Crippen LogP contribution < -0.4 is 49.1 Å². The first kappa shape index (κ1) is 47.9. The lowest BCUT2D eigenvalue weighted by Crippen LogP contribution is -2.61. The molecule has 0 saturated carbocycles. The molecule has 0 radical (unpaired) electrons. The van der Waals surface area contributed by atoms with Gasteiger partial charge in [0.05, 0.1) is 19.8 Å². The summed E-state index contributed by atoms with van der Waals surface area (Å²) in [4.78, 5) is 108. The number of nitrogens with two attached hydrogens (primary N) is 3. The number of likely N-dealkylation sites (tertiary alicyclic amines) is 1. The molecule has 1 saturated heterocycles. The Balaban J connectivity index is 3.14. The third-order valence-corrected chi connectivity index (χ3v) is 8.84. The number of carbonyl (C=O) groups excluding carboxylic acids is 7. The number of hydrogen-bond acceptors (Lipinski definition) is 13. The Morgan fingerprint density at radius 2 is 1.29 bits per heavy atom. The number of carbonyl (C=O) groups is 8. The summed E-state index contributed by atoms with van der Waals surface area (Å²) in [5.41, 5.74) is 16.2. The van der Waals surface area contributed by atoms with Crippen molar-refractivity contribution in [1.82, 2.24) is 36.8 Å². The molecule has 1 heterocycles. The zero-order valence-corrected chi connectivity index (χ0v) is 31.4. The molecule has 7 amide bonds. The summed E-state index contributed by atoms with van der Waals surface area (Å²) in [5, 5.41) is 52.2. The Labute approximate surface area is 317 Å². The van der Waals surface area contributed by atoms with E-state index < -0.39 is 121 Å². The van der Waals surface area contributed by atoms with Gasteiger partial charge in [0, 0.05) is 13.1 Å². The Kier molecular flexibility index (Phi) is 20.6. The van der Waals surface area contributed by atoms with Crippen LogP contribution in [0.1, 0.15) is 59.8 Å². The lowest BCUT2D eigenvalue weighted by atomic mass is 9.97. The zero-order valence-electron chi connectivity index (χ0n) is 31.4. The number of aliphatic hydroxyl groups excluding tert-OH is 3. The Hall–Kier alpha value is -5.13. The number of aliphatic carboxylic acids is 1. The fourth-order valence-corrected chi connectivity index (χ4v) is 5.26. The van der Waals surface area contributed by atoms with Crippen molar-refractivity contribution >= 4 is 53.3 Å². The largest absolute Gasteiger partial charge is 0.480 e. The molecule has 1 fully saturated rings. The number of nitrogens with one attached hydrogen (secondary N) is 6. The van der Waals surface area contributed by atoms with Crippen molar-refractivity contribution in [3.05, 3.63) is 0 Å². The third-order valence-electron chi connectivity index (χ3n) is 8.84. The highest BCUT2D eigenvalue weighted by Crippen LogP contribution is 2.22. The molecule has 23 nitrogen and oxygen atoms in total. The molecule has 0 aromatic rings. The number of amides is 7. The van der Waals surface area contributed by atoms with E-state index in [1.165, 1.54) is 18.7 Å². The first-order valence-corrected chi connectivity index (χ1v) is 17.8. The number of rotatable bonds is 23. The summed E-state index contributed by atoms with van der Waals surface area (Å²) in [6.07, 6.45) is 1.01. The van der Waals surface area contributed by atoms with Gasteiger partial charge >= 0.3 is 5.97 Å². The van der Waals surface area contributed by atoms with Gasteiger partial charge in [-0.25, -0.2) is 0 Å². The predicted octanol–water partition coefficient (Wildman–Crippen LogP) is -6.59.